The summed E-state index contributed by atoms with van der Waals surface area (Å²) >= 11 is 0. The quantitative estimate of drug-likeness (QED) is 0.401. The molecule has 1 aromatic heterocycles. The van der Waals surface area contributed by atoms with Crippen LogP contribution in [0.15, 0.2) is 48.8 Å². The Balaban J connectivity index is 1.09. The van der Waals surface area contributed by atoms with Gasteiger partial charge in [0.2, 0.25) is 5.95 Å². The van der Waals surface area contributed by atoms with E-state index in [1.54, 1.807) is 39.0 Å². The zero-order valence-corrected chi connectivity index (χ0v) is 25.1. The fraction of sp³-hybridized carbons (Fsp3) is 0.469. The third-order valence-electron chi connectivity index (χ3n) is 7.87. The van der Waals surface area contributed by atoms with Gasteiger partial charge in [-0.1, -0.05) is 0 Å². The number of ether oxygens (including phenoxy) is 3. The average Bonchev–Trinajstić information content (AvgIpc) is 3.34. The molecule has 4 heterocycles. The lowest BCUT2D eigenvalue weighted by atomic mass is 10.1. The number of aromatic nitrogens is 3. The number of hydrogen-bond acceptors (Lipinski definition) is 10. The summed E-state index contributed by atoms with van der Waals surface area (Å²) < 4.78 is 32.3. The van der Waals surface area contributed by atoms with E-state index in [0.29, 0.717) is 29.5 Å². The van der Waals surface area contributed by atoms with Gasteiger partial charge < -0.3 is 29.3 Å². The van der Waals surface area contributed by atoms with Gasteiger partial charge in [0.1, 0.15) is 29.9 Å². The zero-order valence-electron chi connectivity index (χ0n) is 25.1. The summed E-state index contributed by atoms with van der Waals surface area (Å²) in [5.41, 5.74) is 2.15. The van der Waals surface area contributed by atoms with E-state index in [0.717, 1.165) is 37.3 Å². The van der Waals surface area contributed by atoms with E-state index in [-0.39, 0.29) is 30.8 Å². The average molecular weight is 602 g/mol. The van der Waals surface area contributed by atoms with Gasteiger partial charge in [-0.15, -0.1) is 0 Å². The molecule has 3 aliphatic rings. The SMILES string of the molecule is CC(C)(C)OC(=O)N1CCC(Oc2ccc(-c3ncnc(Nc4ccc(N5CC6CCC(C5)O6)cc4)n3)cc2C#N)C(F)C1. The predicted octanol–water partition coefficient (Wildman–Crippen LogP) is 5.25. The summed E-state index contributed by atoms with van der Waals surface area (Å²) in [6.45, 7) is 7.27. The molecule has 2 bridgehead atoms. The lowest BCUT2D eigenvalue weighted by molar-refractivity contribution is -0.0106. The summed E-state index contributed by atoms with van der Waals surface area (Å²) in [4.78, 5) is 29.1. The molecule has 0 radical (unpaired) electrons. The van der Waals surface area contributed by atoms with Gasteiger partial charge in [0.25, 0.3) is 0 Å². The summed E-state index contributed by atoms with van der Waals surface area (Å²) in [7, 11) is 0. The highest BCUT2D eigenvalue weighted by Gasteiger charge is 2.36. The molecule has 230 valence electrons. The van der Waals surface area contributed by atoms with E-state index in [9.17, 15) is 10.1 Å². The van der Waals surface area contributed by atoms with Crippen molar-refractivity contribution in [2.24, 2.45) is 0 Å². The third kappa shape index (κ3) is 6.83. The molecule has 12 heteroatoms. The first kappa shape index (κ1) is 29.6. The molecule has 0 aliphatic carbocycles. The van der Waals surface area contributed by atoms with Gasteiger partial charge in [0, 0.05) is 43.0 Å². The Labute approximate surface area is 256 Å². The number of morpholine rings is 1. The summed E-state index contributed by atoms with van der Waals surface area (Å²) in [5, 5.41) is 13.1. The van der Waals surface area contributed by atoms with Crippen LogP contribution < -0.4 is 15.0 Å². The second kappa shape index (κ2) is 12.2. The Morgan fingerprint density at radius 1 is 1.07 bits per heavy atom. The Morgan fingerprint density at radius 3 is 2.50 bits per heavy atom. The van der Waals surface area contributed by atoms with Gasteiger partial charge in [-0.2, -0.15) is 10.2 Å². The number of nitrogens with one attached hydrogen (secondary N) is 1. The Kier molecular flexibility index (Phi) is 8.23. The molecule has 0 spiro atoms. The van der Waals surface area contributed by atoms with Gasteiger partial charge in [-0.25, -0.2) is 19.2 Å². The van der Waals surface area contributed by atoms with E-state index in [1.807, 2.05) is 12.1 Å². The van der Waals surface area contributed by atoms with Crippen molar-refractivity contribution in [1.29, 1.82) is 5.26 Å². The second-order valence-electron chi connectivity index (χ2n) is 12.4. The normalized spacial score (nSPS) is 23.2. The number of carbonyl (C=O) groups excluding carboxylic acids is 1. The van der Waals surface area contributed by atoms with E-state index < -0.39 is 24.0 Å². The molecule has 4 unspecified atom stereocenters. The number of nitriles is 1. The van der Waals surface area contributed by atoms with Gasteiger partial charge in [0.05, 0.1) is 24.3 Å². The molecule has 3 aliphatic heterocycles. The van der Waals surface area contributed by atoms with Crippen LogP contribution in [-0.4, -0.2) is 82.2 Å². The number of carbonyl (C=O) groups is 1. The number of piperidine rings is 1. The van der Waals surface area contributed by atoms with Gasteiger partial charge in [-0.05, 0) is 76.1 Å². The fourth-order valence-electron chi connectivity index (χ4n) is 5.74. The maximum absolute atomic E-state index is 15.0. The third-order valence-corrected chi connectivity index (χ3v) is 7.87. The Bertz CT molecular complexity index is 1530. The van der Waals surface area contributed by atoms with Crippen molar-refractivity contribution in [2.45, 2.75) is 70.1 Å². The van der Waals surface area contributed by atoms with Crippen LogP contribution in [0.4, 0.5) is 26.5 Å². The summed E-state index contributed by atoms with van der Waals surface area (Å²) in [6, 6.07) is 15.2. The van der Waals surface area contributed by atoms with Crippen LogP contribution in [0.3, 0.4) is 0 Å². The first-order valence-corrected chi connectivity index (χ1v) is 14.9. The zero-order chi connectivity index (χ0) is 30.8. The minimum absolute atomic E-state index is 0.142. The minimum atomic E-state index is -1.43. The number of anilines is 3. The molecule has 11 nitrogen and oxygen atoms in total. The number of halogens is 1. The molecule has 0 saturated carbocycles. The van der Waals surface area contributed by atoms with Crippen molar-refractivity contribution in [3.05, 3.63) is 54.4 Å². The first-order valence-electron chi connectivity index (χ1n) is 14.9. The van der Waals surface area contributed by atoms with Gasteiger partial charge >= 0.3 is 6.09 Å². The Morgan fingerprint density at radius 2 is 1.82 bits per heavy atom. The van der Waals surface area contributed by atoms with Crippen LogP contribution in [0.5, 0.6) is 5.75 Å². The summed E-state index contributed by atoms with van der Waals surface area (Å²) in [6.07, 6.45) is 1.79. The van der Waals surface area contributed by atoms with Gasteiger partial charge in [-0.3, -0.25) is 0 Å². The number of rotatable bonds is 6. The number of alkyl halides is 1. The highest BCUT2D eigenvalue weighted by Crippen LogP contribution is 2.31. The molecule has 6 rings (SSSR count). The van der Waals surface area contributed by atoms with Crippen molar-refractivity contribution in [3.8, 4) is 23.2 Å². The van der Waals surface area contributed by atoms with E-state index in [1.165, 1.54) is 11.2 Å². The van der Waals surface area contributed by atoms with Crippen LogP contribution in [0, 0.1) is 11.3 Å². The molecule has 44 heavy (non-hydrogen) atoms. The first-order chi connectivity index (χ1) is 21.1. The molecule has 3 aromatic rings. The molecule has 4 atom stereocenters. The van der Waals surface area contributed by atoms with Crippen molar-refractivity contribution >= 4 is 23.4 Å². The molecule has 1 N–H and O–H groups in total. The van der Waals surface area contributed by atoms with Crippen LogP contribution in [-0.2, 0) is 9.47 Å². The predicted molar refractivity (Wildman–Crippen MR) is 162 cm³/mol. The molecule has 2 aromatic carbocycles. The topological polar surface area (TPSA) is 126 Å². The molecular weight excluding hydrogens is 565 g/mol. The number of benzene rings is 2. The minimum Gasteiger partial charge on any atom is -0.486 e. The smallest absolute Gasteiger partial charge is 0.410 e. The van der Waals surface area contributed by atoms with E-state index in [2.05, 4.69) is 43.4 Å². The summed E-state index contributed by atoms with van der Waals surface area (Å²) in [5.74, 6) is 0.999. The molecule has 3 saturated heterocycles. The van der Waals surface area contributed by atoms with Crippen LogP contribution >= 0.6 is 0 Å². The number of amides is 1. The van der Waals surface area contributed by atoms with E-state index in [4.69, 9.17) is 14.2 Å². The Hall–Kier alpha value is -4.50. The maximum atomic E-state index is 15.0. The number of nitrogens with zero attached hydrogens (tertiary/aromatic N) is 6. The standard InChI is InChI=1S/C32H36FN7O4/c1-32(2,3)44-31(41)39-13-12-28(26(33)18-39)43-27-11-4-20(14-21(27)15-34)29-35-19-36-30(38-29)37-22-5-7-23(8-6-22)40-16-24-9-10-25(17-40)42-24/h4-8,11,14,19,24-26,28H,9-10,12-13,16-18H2,1-3H3,(H,35,36,37,38). The molecular formula is C32H36FN7O4. The lowest BCUT2D eigenvalue weighted by Crippen LogP contribution is -2.50. The number of hydrogen-bond donors (Lipinski definition) is 1. The maximum Gasteiger partial charge on any atom is 0.410 e. The second-order valence-corrected chi connectivity index (χ2v) is 12.4. The number of likely N-dealkylation sites (tertiary alicyclic amines) is 1. The van der Waals surface area contributed by atoms with Crippen molar-refractivity contribution in [1.82, 2.24) is 19.9 Å². The molecule has 3 fully saturated rings. The van der Waals surface area contributed by atoms with Crippen LogP contribution in [0.2, 0.25) is 0 Å². The van der Waals surface area contributed by atoms with Crippen LogP contribution in [0.1, 0.15) is 45.6 Å². The van der Waals surface area contributed by atoms with Gasteiger partial charge in [0.15, 0.2) is 12.0 Å². The van der Waals surface area contributed by atoms with Crippen molar-refractivity contribution < 1.29 is 23.4 Å². The highest BCUT2D eigenvalue weighted by atomic mass is 19.1. The van der Waals surface area contributed by atoms with Crippen molar-refractivity contribution in [3.63, 3.8) is 0 Å². The number of fused-ring (bicyclic) bond motifs is 2. The highest BCUT2D eigenvalue weighted by molar-refractivity contribution is 5.68. The van der Waals surface area contributed by atoms with Crippen molar-refractivity contribution in [2.75, 3.05) is 36.4 Å². The molecule has 1 amide bonds. The van der Waals surface area contributed by atoms with Crippen LogP contribution in [0.25, 0.3) is 11.4 Å². The fourth-order valence-corrected chi connectivity index (χ4v) is 5.74. The largest absolute Gasteiger partial charge is 0.486 e. The lowest BCUT2D eigenvalue weighted by Gasteiger charge is -2.35. The monoisotopic (exact) mass is 601 g/mol. The van der Waals surface area contributed by atoms with E-state index >= 15 is 4.39 Å².